The Bertz CT molecular complexity index is 700. The second-order valence-electron chi connectivity index (χ2n) is 6.77. The first kappa shape index (κ1) is 19.3. The zero-order chi connectivity index (χ0) is 18.4. The zero-order valence-corrected chi connectivity index (χ0v) is 16.0. The molecule has 3 nitrogen and oxygen atoms in total. The summed E-state index contributed by atoms with van der Waals surface area (Å²) >= 11 is 6.03. The van der Waals surface area contributed by atoms with Gasteiger partial charge >= 0.3 is 0 Å². The number of carbonyl (C=O) groups is 1. The zero-order valence-electron chi connectivity index (χ0n) is 15.3. The fourth-order valence-corrected chi connectivity index (χ4v) is 2.79. The molecule has 0 saturated heterocycles. The Morgan fingerprint density at radius 1 is 1.12 bits per heavy atom. The highest BCUT2D eigenvalue weighted by Crippen LogP contribution is 2.23. The average Bonchev–Trinajstić information content (AvgIpc) is 2.58. The summed E-state index contributed by atoms with van der Waals surface area (Å²) in [5, 5.41) is 3.81. The predicted octanol–water partition coefficient (Wildman–Crippen LogP) is 5.32. The van der Waals surface area contributed by atoms with E-state index in [1.54, 1.807) is 19.1 Å². The monoisotopic (exact) mass is 359 g/mol. The van der Waals surface area contributed by atoms with E-state index in [4.69, 9.17) is 16.3 Å². The van der Waals surface area contributed by atoms with Gasteiger partial charge in [0.2, 0.25) is 0 Å². The van der Waals surface area contributed by atoms with Crippen LogP contribution in [0.5, 0.6) is 5.75 Å². The fraction of sp³-hybridized carbons (Fsp3) is 0.381. The van der Waals surface area contributed by atoms with E-state index in [0.717, 1.165) is 17.5 Å². The van der Waals surface area contributed by atoms with Crippen molar-refractivity contribution in [2.75, 3.05) is 0 Å². The summed E-state index contributed by atoms with van der Waals surface area (Å²) in [4.78, 5) is 12.6. The van der Waals surface area contributed by atoms with Crippen molar-refractivity contribution in [1.82, 2.24) is 5.32 Å². The summed E-state index contributed by atoms with van der Waals surface area (Å²) in [5.74, 6) is 0.993. The van der Waals surface area contributed by atoms with Crippen LogP contribution in [0, 0.1) is 12.8 Å². The topological polar surface area (TPSA) is 38.3 Å². The molecule has 0 saturated carbocycles. The van der Waals surface area contributed by atoms with E-state index in [1.807, 2.05) is 43.3 Å². The maximum atomic E-state index is 12.6. The number of rotatable bonds is 7. The third-order valence-corrected chi connectivity index (χ3v) is 4.46. The molecule has 0 unspecified atom stereocenters. The van der Waals surface area contributed by atoms with Gasteiger partial charge in [0.15, 0.2) is 6.10 Å². The molecule has 0 heterocycles. The fourth-order valence-electron chi connectivity index (χ4n) is 2.67. The van der Waals surface area contributed by atoms with Gasteiger partial charge in [0, 0.05) is 5.02 Å². The molecular weight excluding hydrogens is 334 g/mol. The lowest BCUT2D eigenvalue weighted by atomic mass is 9.97. The second-order valence-corrected chi connectivity index (χ2v) is 7.18. The van der Waals surface area contributed by atoms with Crippen LogP contribution in [0.3, 0.4) is 0 Å². The number of ether oxygens (including phenoxy) is 1. The summed E-state index contributed by atoms with van der Waals surface area (Å²) in [7, 11) is 0. The van der Waals surface area contributed by atoms with Gasteiger partial charge in [-0.3, -0.25) is 4.79 Å². The Hall–Kier alpha value is -2.00. The Kier molecular flexibility index (Phi) is 6.89. The molecule has 2 rings (SSSR count). The number of hydrogen-bond acceptors (Lipinski definition) is 2. The minimum absolute atomic E-state index is 0.0216. The molecule has 0 aromatic heterocycles. The molecule has 2 aromatic rings. The molecule has 0 aliphatic heterocycles. The molecular formula is C21H26ClNO2. The normalized spacial score (nSPS) is 13.4. The van der Waals surface area contributed by atoms with Gasteiger partial charge in [0.05, 0.1) is 6.04 Å². The van der Waals surface area contributed by atoms with Gasteiger partial charge in [-0.25, -0.2) is 0 Å². The highest BCUT2D eigenvalue weighted by atomic mass is 35.5. The van der Waals surface area contributed by atoms with Gasteiger partial charge in [-0.05, 0) is 55.5 Å². The third-order valence-electron chi connectivity index (χ3n) is 4.04. The van der Waals surface area contributed by atoms with Crippen molar-refractivity contribution in [3.8, 4) is 5.75 Å². The number of carbonyl (C=O) groups excluding carboxylic acids is 1. The predicted molar refractivity (Wildman–Crippen MR) is 103 cm³/mol. The highest BCUT2D eigenvalue weighted by Gasteiger charge is 2.21. The second kappa shape index (κ2) is 8.91. The number of nitrogens with one attached hydrogen (secondary N) is 1. The van der Waals surface area contributed by atoms with Gasteiger partial charge in [-0.15, -0.1) is 0 Å². The van der Waals surface area contributed by atoms with Crippen LogP contribution < -0.4 is 10.1 Å². The largest absolute Gasteiger partial charge is 0.481 e. The molecule has 0 bridgehead atoms. The van der Waals surface area contributed by atoms with E-state index < -0.39 is 6.10 Å². The molecule has 2 atom stereocenters. The van der Waals surface area contributed by atoms with Gasteiger partial charge in [-0.1, -0.05) is 55.8 Å². The lowest BCUT2D eigenvalue weighted by Gasteiger charge is -2.23. The standard InChI is InChI=1S/C21H26ClNO2/c1-14(2)12-20(17-8-6-5-7-9-17)23-21(24)16(4)25-18-10-11-19(22)15(3)13-18/h5-11,13-14,16,20H,12H2,1-4H3,(H,23,24)/t16-,20-/m0/s1. The number of aryl methyl sites for hydroxylation is 1. The molecule has 0 aliphatic carbocycles. The molecule has 0 fully saturated rings. The minimum atomic E-state index is -0.584. The van der Waals surface area contributed by atoms with E-state index in [-0.39, 0.29) is 11.9 Å². The van der Waals surface area contributed by atoms with Crippen molar-refractivity contribution in [2.24, 2.45) is 5.92 Å². The molecule has 134 valence electrons. The Morgan fingerprint density at radius 3 is 2.40 bits per heavy atom. The van der Waals surface area contributed by atoms with Gasteiger partial charge < -0.3 is 10.1 Å². The number of hydrogen-bond donors (Lipinski definition) is 1. The molecule has 2 aromatic carbocycles. The summed E-state index contributed by atoms with van der Waals surface area (Å²) in [6.07, 6.45) is 0.293. The highest BCUT2D eigenvalue weighted by molar-refractivity contribution is 6.31. The smallest absolute Gasteiger partial charge is 0.261 e. The van der Waals surface area contributed by atoms with Crippen molar-refractivity contribution in [3.63, 3.8) is 0 Å². The first-order valence-corrected chi connectivity index (χ1v) is 9.02. The van der Waals surface area contributed by atoms with Crippen LogP contribution in [0.15, 0.2) is 48.5 Å². The van der Waals surface area contributed by atoms with Crippen LogP contribution in [0.4, 0.5) is 0 Å². The van der Waals surface area contributed by atoms with Crippen molar-refractivity contribution >= 4 is 17.5 Å². The molecule has 1 amide bonds. The van der Waals surface area contributed by atoms with Crippen molar-refractivity contribution in [1.29, 1.82) is 0 Å². The molecule has 0 radical (unpaired) electrons. The van der Waals surface area contributed by atoms with Gasteiger partial charge in [-0.2, -0.15) is 0 Å². The Balaban J connectivity index is 2.05. The average molecular weight is 360 g/mol. The lowest BCUT2D eigenvalue weighted by Crippen LogP contribution is -2.39. The quantitative estimate of drug-likeness (QED) is 0.726. The molecule has 25 heavy (non-hydrogen) atoms. The van der Waals surface area contributed by atoms with Crippen LogP contribution in [0.1, 0.15) is 44.4 Å². The first-order valence-electron chi connectivity index (χ1n) is 8.65. The van der Waals surface area contributed by atoms with Gasteiger partial charge in [0.25, 0.3) is 5.91 Å². The van der Waals surface area contributed by atoms with Crippen LogP contribution >= 0.6 is 11.6 Å². The van der Waals surface area contributed by atoms with Crippen LogP contribution in [0.2, 0.25) is 5.02 Å². The van der Waals surface area contributed by atoms with E-state index in [1.165, 1.54) is 0 Å². The number of amides is 1. The van der Waals surface area contributed by atoms with E-state index >= 15 is 0 Å². The van der Waals surface area contributed by atoms with E-state index in [0.29, 0.717) is 16.7 Å². The third kappa shape index (κ3) is 5.79. The van der Waals surface area contributed by atoms with E-state index in [9.17, 15) is 4.79 Å². The summed E-state index contributed by atoms with van der Waals surface area (Å²) in [5.41, 5.74) is 2.04. The molecule has 1 N–H and O–H groups in total. The van der Waals surface area contributed by atoms with Crippen molar-refractivity contribution in [3.05, 3.63) is 64.7 Å². The minimum Gasteiger partial charge on any atom is -0.481 e. The van der Waals surface area contributed by atoms with Crippen LogP contribution in [-0.4, -0.2) is 12.0 Å². The van der Waals surface area contributed by atoms with Crippen LogP contribution in [0.25, 0.3) is 0 Å². The molecule has 4 heteroatoms. The Labute approximate surface area is 155 Å². The summed E-state index contributed by atoms with van der Waals surface area (Å²) in [6, 6.07) is 15.4. The summed E-state index contributed by atoms with van der Waals surface area (Å²) in [6.45, 7) is 7.97. The maximum absolute atomic E-state index is 12.6. The number of benzene rings is 2. The number of halogens is 1. The SMILES string of the molecule is Cc1cc(O[C@@H](C)C(=O)N[C@@H](CC(C)C)c2ccccc2)ccc1Cl. The van der Waals surface area contributed by atoms with Crippen LogP contribution in [-0.2, 0) is 4.79 Å². The summed E-state index contributed by atoms with van der Waals surface area (Å²) < 4.78 is 5.78. The maximum Gasteiger partial charge on any atom is 0.261 e. The van der Waals surface area contributed by atoms with E-state index in [2.05, 4.69) is 19.2 Å². The lowest BCUT2D eigenvalue weighted by molar-refractivity contribution is -0.128. The van der Waals surface area contributed by atoms with Crippen molar-refractivity contribution in [2.45, 2.75) is 46.3 Å². The Morgan fingerprint density at radius 2 is 1.80 bits per heavy atom. The van der Waals surface area contributed by atoms with Crippen molar-refractivity contribution < 1.29 is 9.53 Å². The first-order chi connectivity index (χ1) is 11.9. The molecule has 0 spiro atoms. The molecule has 0 aliphatic rings. The van der Waals surface area contributed by atoms with Gasteiger partial charge in [0.1, 0.15) is 5.75 Å².